The average molecular weight is 333 g/mol. The van der Waals surface area contributed by atoms with Crippen LogP contribution < -0.4 is 0 Å². The average Bonchev–Trinajstić information content (AvgIpc) is 3.22. The molecule has 2 atom stereocenters. The van der Waals surface area contributed by atoms with Crippen molar-refractivity contribution in [1.82, 2.24) is 15.1 Å². The van der Waals surface area contributed by atoms with Crippen LogP contribution >= 0.6 is 11.3 Å². The van der Waals surface area contributed by atoms with Crippen LogP contribution in [-0.2, 0) is 16.0 Å². The van der Waals surface area contributed by atoms with Crippen molar-refractivity contribution < 1.29 is 13.9 Å². The third-order valence-corrected chi connectivity index (χ3v) is 5.54. The molecule has 2 aromatic heterocycles. The normalized spacial score (nSPS) is 24.5. The molecule has 1 fully saturated rings. The van der Waals surface area contributed by atoms with Gasteiger partial charge in [-0.15, -0.1) is 21.5 Å². The number of aryl methyl sites for hydroxylation is 2. The Kier molecular flexibility index (Phi) is 3.90. The quantitative estimate of drug-likeness (QED) is 0.844. The minimum Gasteiger partial charge on any atom is -0.423 e. The van der Waals surface area contributed by atoms with Gasteiger partial charge in [0.15, 0.2) is 6.10 Å². The number of carbonyl (C=O) groups is 1. The molecule has 0 saturated carbocycles. The zero-order chi connectivity index (χ0) is 15.8. The Hall–Kier alpha value is -1.73. The molecular formula is C16H19N3O3S. The van der Waals surface area contributed by atoms with Crippen LogP contribution in [0.25, 0.3) is 0 Å². The molecule has 7 heteroatoms. The van der Waals surface area contributed by atoms with Crippen LogP contribution in [0.5, 0.6) is 0 Å². The predicted octanol–water partition coefficient (Wildman–Crippen LogP) is 2.46. The number of aromatic nitrogens is 2. The number of morpholine rings is 1. The minimum atomic E-state index is -0.320. The maximum atomic E-state index is 13.0. The van der Waals surface area contributed by atoms with Gasteiger partial charge in [-0.05, 0) is 36.3 Å². The highest BCUT2D eigenvalue weighted by atomic mass is 32.1. The zero-order valence-electron chi connectivity index (χ0n) is 13.0. The Balaban J connectivity index is 1.51. The van der Waals surface area contributed by atoms with E-state index in [1.165, 1.54) is 10.4 Å². The van der Waals surface area contributed by atoms with Crippen molar-refractivity contribution in [2.45, 2.75) is 38.2 Å². The fourth-order valence-corrected chi connectivity index (χ4v) is 4.39. The molecule has 1 saturated heterocycles. The number of carbonyl (C=O) groups excluding carboxylic acids is 1. The third-order valence-electron chi connectivity index (χ3n) is 4.55. The van der Waals surface area contributed by atoms with E-state index in [-0.39, 0.29) is 17.9 Å². The predicted molar refractivity (Wildman–Crippen MR) is 84.3 cm³/mol. The summed E-state index contributed by atoms with van der Waals surface area (Å²) in [7, 11) is 0. The Morgan fingerprint density at radius 2 is 2.35 bits per heavy atom. The number of rotatable bonds is 2. The number of fused-ring (bicyclic) bond motifs is 1. The number of thiophene rings is 1. The number of nitrogens with zero attached hydrogens (tertiary/aromatic N) is 3. The molecule has 23 heavy (non-hydrogen) atoms. The molecule has 1 aliphatic heterocycles. The lowest BCUT2D eigenvalue weighted by molar-refractivity contribution is -0.141. The van der Waals surface area contributed by atoms with Crippen molar-refractivity contribution in [2.24, 2.45) is 0 Å². The second-order valence-electron chi connectivity index (χ2n) is 6.05. The lowest BCUT2D eigenvalue weighted by Crippen LogP contribution is -2.44. The molecule has 6 nitrogen and oxygen atoms in total. The largest absolute Gasteiger partial charge is 0.423 e. The van der Waals surface area contributed by atoms with Gasteiger partial charge in [-0.3, -0.25) is 4.79 Å². The van der Waals surface area contributed by atoms with Crippen LogP contribution in [-0.4, -0.2) is 40.7 Å². The first kappa shape index (κ1) is 14.8. The summed E-state index contributed by atoms with van der Waals surface area (Å²) in [6.07, 6.45) is 2.80. The molecule has 3 heterocycles. The van der Waals surface area contributed by atoms with E-state index in [0.29, 0.717) is 31.5 Å². The SMILES string of the molecule is Cc1nnc([C@@H]2CN(C(=O)[C@@H]3CCCc4sccc43)CCO2)o1. The van der Waals surface area contributed by atoms with Crippen molar-refractivity contribution in [3.8, 4) is 0 Å². The van der Waals surface area contributed by atoms with Crippen molar-refractivity contribution in [2.75, 3.05) is 19.7 Å². The third kappa shape index (κ3) is 2.79. The standard InChI is InChI=1S/C16H19N3O3S/c1-10-17-18-15(22-10)13-9-19(6-7-21-13)16(20)12-3-2-4-14-11(12)5-8-23-14/h5,8,12-13H,2-4,6-7,9H2,1H3/t12-,13+/m1/s1. The van der Waals surface area contributed by atoms with Gasteiger partial charge in [-0.1, -0.05) is 0 Å². The van der Waals surface area contributed by atoms with E-state index in [4.69, 9.17) is 9.15 Å². The molecule has 0 radical (unpaired) electrons. The number of ether oxygens (including phenoxy) is 1. The smallest absolute Gasteiger partial charge is 0.246 e. The summed E-state index contributed by atoms with van der Waals surface area (Å²) in [5.41, 5.74) is 1.22. The van der Waals surface area contributed by atoms with E-state index >= 15 is 0 Å². The summed E-state index contributed by atoms with van der Waals surface area (Å²) in [5.74, 6) is 1.17. The van der Waals surface area contributed by atoms with Gasteiger partial charge in [0.1, 0.15) is 0 Å². The van der Waals surface area contributed by atoms with E-state index in [2.05, 4.69) is 21.6 Å². The molecule has 0 unspecified atom stereocenters. The van der Waals surface area contributed by atoms with Crippen LogP contribution in [0.15, 0.2) is 15.9 Å². The molecular weight excluding hydrogens is 314 g/mol. The van der Waals surface area contributed by atoms with E-state index in [1.807, 2.05) is 4.90 Å². The van der Waals surface area contributed by atoms with Gasteiger partial charge in [0.2, 0.25) is 17.7 Å². The van der Waals surface area contributed by atoms with Crippen LogP contribution in [0.3, 0.4) is 0 Å². The Bertz CT molecular complexity index is 711. The molecule has 0 spiro atoms. The number of amides is 1. The molecule has 0 bridgehead atoms. The van der Waals surface area contributed by atoms with Gasteiger partial charge in [0, 0.05) is 18.3 Å². The maximum Gasteiger partial charge on any atom is 0.246 e. The number of hydrogen-bond donors (Lipinski definition) is 0. The van der Waals surface area contributed by atoms with Gasteiger partial charge in [-0.25, -0.2) is 0 Å². The fourth-order valence-electron chi connectivity index (χ4n) is 3.40. The molecule has 1 aliphatic carbocycles. The molecule has 0 N–H and O–H groups in total. The molecule has 2 aromatic rings. The summed E-state index contributed by atoms with van der Waals surface area (Å²) in [6.45, 7) is 3.36. The summed E-state index contributed by atoms with van der Waals surface area (Å²) >= 11 is 1.76. The van der Waals surface area contributed by atoms with Crippen LogP contribution in [0.1, 0.15) is 47.1 Å². The van der Waals surface area contributed by atoms with Gasteiger partial charge >= 0.3 is 0 Å². The van der Waals surface area contributed by atoms with Crippen LogP contribution in [0.4, 0.5) is 0 Å². The van der Waals surface area contributed by atoms with Gasteiger partial charge in [0.25, 0.3) is 0 Å². The van der Waals surface area contributed by atoms with Crippen molar-refractivity contribution in [3.63, 3.8) is 0 Å². The second-order valence-corrected chi connectivity index (χ2v) is 7.05. The first-order valence-electron chi connectivity index (χ1n) is 7.99. The summed E-state index contributed by atoms with van der Waals surface area (Å²) in [6, 6.07) is 2.11. The van der Waals surface area contributed by atoms with Gasteiger partial charge in [-0.2, -0.15) is 0 Å². The number of hydrogen-bond acceptors (Lipinski definition) is 6. The molecule has 1 amide bonds. The fraction of sp³-hybridized carbons (Fsp3) is 0.562. The first-order chi connectivity index (χ1) is 11.2. The van der Waals surface area contributed by atoms with Crippen molar-refractivity contribution >= 4 is 17.2 Å². The Morgan fingerprint density at radius 1 is 1.43 bits per heavy atom. The maximum absolute atomic E-state index is 13.0. The van der Waals surface area contributed by atoms with E-state index in [1.54, 1.807) is 18.3 Å². The molecule has 4 rings (SSSR count). The van der Waals surface area contributed by atoms with Gasteiger partial charge in [0.05, 0.1) is 19.1 Å². The Morgan fingerprint density at radius 3 is 3.17 bits per heavy atom. The van der Waals surface area contributed by atoms with E-state index in [0.717, 1.165) is 19.3 Å². The zero-order valence-corrected chi connectivity index (χ0v) is 13.8. The van der Waals surface area contributed by atoms with Crippen LogP contribution in [0.2, 0.25) is 0 Å². The first-order valence-corrected chi connectivity index (χ1v) is 8.87. The lowest BCUT2D eigenvalue weighted by Gasteiger charge is -2.34. The highest BCUT2D eigenvalue weighted by molar-refractivity contribution is 7.10. The highest BCUT2D eigenvalue weighted by Crippen LogP contribution is 2.36. The van der Waals surface area contributed by atoms with Gasteiger partial charge < -0.3 is 14.1 Å². The van der Waals surface area contributed by atoms with Crippen molar-refractivity contribution in [3.05, 3.63) is 33.7 Å². The summed E-state index contributed by atoms with van der Waals surface area (Å²) in [4.78, 5) is 16.3. The van der Waals surface area contributed by atoms with E-state index < -0.39 is 0 Å². The van der Waals surface area contributed by atoms with Crippen molar-refractivity contribution in [1.29, 1.82) is 0 Å². The summed E-state index contributed by atoms with van der Waals surface area (Å²) < 4.78 is 11.2. The lowest BCUT2D eigenvalue weighted by atomic mass is 9.86. The topological polar surface area (TPSA) is 68.5 Å². The molecule has 122 valence electrons. The Labute approximate surface area is 138 Å². The monoisotopic (exact) mass is 333 g/mol. The van der Waals surface area contributed by atoms with E-state index in [9.17, 15) is 4.79 Å². The molecule has 2 aliphatic rings. The molecule has 0 aromatic carbocycles. The minimum absolute atomic E-state index is 0.00632. The summed E-state index contributed by atoms with van der Waals surface area (Å²) in [5, 5.41) is 9.97. The van der Waals surface area contributed by atoms with Crippen LogP contribution in [0, 0.1) is 6.92 Å². The highest BCUT2D eigenvalue weighted by Gasteiger charge is 2.35. The second kappa shape index (κ2) is 6.05.